The highest BCUT2D eigenvalue weighted by Crippen LogP contribution is 2.34. The monoisotopic (exact) mass is 403 g/mol. The third-order valence-electron chi connectivity index (χ3n) is 5.55. The van der Waals surface area contributed by atoms with Gasteiger partial charge in [0, 0.05) is 31.7 Å². The van der Waals surface area contributed by atoms with Gasteiger partial charge in [0.15, 0.2) is 0 Å². The fraction of sp³-hybridized carbons (Fsp3) is 0.320. The number of phenols is 1. The van der Waals surface area contributed by atoms with Gasteiger partial charge in [-0.05, 0) is 54.8 Å². The summed E-state index contributed by atoms with van der Waals surface area (Å²) in [5.41, 5.74) is 6.08. The molecule has 1 fully saturated rings. The van der Waals surface area contributed by atoms with Crippen LogP contribution in [0.3, 0.4) is 0 Å². The Labute approximate surface area is 178 Å². The van der Waals surface area contributed by atoms with Crippen LogP contribution in [0.4, 0.5) is 5.82 Å². The Kier molecular flexibility index (Phi) is 6.31. The number of nitrogens with zero attached hydrogens (tertiary/aromatic N) is 2. The minimum atomic E-state index is 0.245. The molecule has 1 aliphatic rings. The summed E-state index contributed by atoms with van der Waals surface area (Å²) in [6, 6.07) is 18.1. The molecule has 1 saturated heterocycles. The van der Waals surface area contributed by atoms with Gasteiger partial charge in [-0.2, -0.15) is 0 Å². The third kappa shape index (κ3) is 4.81. The molecule has 5 heteroatoms. The molecule has 0 spiro atoms. The van der Waals surface area contributed by atoms with Crippen molar-refractivity contribution >= 4 is 5.82 Å². The van der Waals surface area contributed by atoms with Crippen LogP contribution in [-0.4, -0.2) is 54.4 Å². The second-order valence-electron chi connectivity index (χ2n) is 7.84. The van der Waals surface area contributed by atoms with Crippen LogP contribution in [0.15, 0.2) is 54.6 Å². The molecule has 0 bridgehead atoms. The van der Waals surface area contributed by atoms with E-state index in [0.29, 0.717) is 0 Å². The van der Waals surface area contributed by atoms with Crippen LogP contribution >= 0.6 is 0 Å². The Balaban J connectivity index is 1.65. The molecular formula is C25H29N3O2. The smallest absolute Gasteiger partial charge is 0.127 e. The summed E-state index contributed by atoms with van der Waals surface area (Å²) < 4.78 is 5.43. The van der Waals surface area contributed by atoms with Crippen LogP contribution < -0.4 is 5.32 Å². The Morgan fingerprint density at radius 3 is 2.60 bits per heavy atom. The molecule has 2 aromatic carbocycles. The molecule has 0 atom stereocenters. The normalized spacial score (nSPS) is 14.6. The minimum Gasteiger partial charge on any atom is -0.507 e. The maximum Gasteiger partial charge on any atom is 0.127 e. The van der Waals surface area contributed by atoms with Crippen LogP contribution in [0.1, 0.15) is 11.1 Å². The largest absolute Gasteiger partial charge is 0.507 e. The summed E-state index contributed by atoms with van der Waals surface area (Å²) in [6.45, 7) is 9.45. The maximum atomic E-state index is 10.5. The predicted molar refractivity (Wildman–Crippen MR) is 122 cm³/mol. The van der Waals surface area contributed by atoms with Crippen LogP contribution in [0.5, 0.6) is 5.75 Å². The summed E-state index contributed by atoms with van der Waals surface area (Å²) in [5.74, 6) is 1.06. The quantitative estimate of drug-likeness (QED) is 0.635. The van der Waals surface area contributed by atoms with E-state index in [9.17, 15) is 5.11 Å². The molecule has 0 radical (unpaired) electrons. The van der Waals surface area contributed by atoms with Crippen molar-refractivity contribution in [1.82, 2.24) is 9.88 Å². The number of benzene rings is 2. The molecule has 5 nitrogen and oxygen atoms in total. The summed E-state index contributed by atoms with van der Waals surface area (Å²) in [7, 11) is 0. The van der Waals surface area contributed by atoms with E-state index < -0.39 is 0 Å². The van der Waals surface area contributed by atoms with Crippen LogP contribution in [0, 0.1) is 13.8 Å². The number of phenolic OH excluding ortho intramolecular Hbond substituents is 1. The number of hydrogen-bond donors (Lipinski definition) is 2. The Morgan fingerprint density at radius 1 is 1.00 bits per heavy atom. The number of aryl methyl sites for hydroxylation is 2. The molecule has 1 aliphatic heterocycles. The molecular weight excluding hydrogens is 374 g/mol. The first-order valence-electron chi connectivity index (χ1n) is 10.5. The van der Waals surface area contributed by atoms with Gasteiger partial charge in [-0.25, -0.2) is 4.98 Å². The summed E-state index contributed by atoms with van der Waals surface area (Å²) in [5, 5.41) is 14.0. The van der Waals surface area contributed by atoms with Gasteiger partial charge < -0.3 is 15.2 Å². The number of aromatic hydroxyl groups is 1. The third-order valence-corrected chi connectivity index (χ3v) is 5.55. The predicted octanol–water partition coefficient (Wildman–Crippen LogP) is 4.48. The van der Waals surface area contributed by atoms with Gasteiger partial charge >= 0.3 is 0 Å². The molecule has 3 aromatic rings. The van der Waals surface area contributed by atoms with E-state index in [1.807, 2.05) is 19.1 Å². The van der Waals surface area contributed by atoms with Gasteiger partial charge in [0.25, 0.3) is 0 Å². The average Bonchev–Trinajstić information content (AvgIpc) is 2.76. The highest BCUT2D eigenvalue weighted by molar-refractivity contribution is 5.77. The van der Waals surface area contributed by atoms with Gasteiger partial charge in [0.2, 0.25) is 0 Å². The first-order valence-corrected chi connectivity index (χ1v) is 10.5. The molecule has 1 aromatic heterocycles. The van der Waals surface area contributed by atoms with E-state index in [0.717, 1.165) is 67.6 Å². The van der Waals surface area contributed by atoms with E-state index in [-0.39, 0.29) is 5.75 Å². The van der Waals surface area contributed by atoms with Crippen LogP contribution in [-0.2, 0) is 4.74 Å². The molecule has 2 N–H and O–H groups in total. The van der Waals surface area contributed by atoms with E-state index in [1.165, 1.54) is 11.1 Å². The van der Waals surface area contributed by atoms with Gasteiger partial charge in [0.1, 0.15) is 11.6 Å². The number of rotatable bonds is 6. The molecule has 156 valence electrons. The van der Waals surface area contributed by atoms with Gasteiger partial charge in [0.05, 0.1) is 18.9 Å². The van der Waals surface area contributed by atoms with Crippen LogP contribution in [0.2, 0.25) is 0 Å². The van der Waals surface area contributed by atoms with Crippen molar-refractivity contribution in [2.45, 2.75) is 13.8 Å². The Hall–Kier alpha value is -2.89. The molecule has 0 unspecified atom stereocenters. The molecule has 0 aliphatic carbocycles. The second-order valence-corrected chi connectivity index (χ2v) is 7.84. The molecule has 2 heterocycles. The summed E-state index contributed by atoms with van der Waals surface area (Å²) >= 11 is 0. The van der Waals surface area contributed by atoms with Gasteiger partial charge in [-0.3, -0.25) is 4.90 Å². The van der Waals surface area contributed by atoms with Crippen LogP contribution in [0.25, 0.3) is 22.4 Å². The SMILES string of the molecule is Cc1ccc(O)c(-c2cc(-c3ccccc3C)cc(NCCN3CCOCC3)n2)c1. The molecule has 0 amide bonds. The fourth-order valence-electron chi connectivity index (χ4n) is 3.83. The average molecular weight is 404 g/mol. The van der Waals surface area contributed by atoms with Crippen molar-refractivity contribution in [3.8, 4) is 28.1 Å². The number of pyridine rings is 1. The van der Waals surface area contributed by atoms with E-state index in [2.05, 4.69) is 53.5 Å². The zero-order chi connectivity index (χ0) is 20.9. The lowest BCUT2D eigenvalue weighted by Gasteiger charge is -2.26. The second kappa shape index (κ2) is 9.28. The first-order chi connectivity index (χ1) is 14.6. The molecule has 0 saturated carbocycles. The standard InChI is InChI=1S/C25H29N3O2/c1-18-7-8-24(29)22(15-18)23-16-20(21-6-4-3-5-19(21)2)17-25(27-23)26-9-10-28-11-13-30-14-12-28/h3-8,15-17,29H,9-14H2,1-2H3,(H,26,27). The fourth-order valence-corrected chi connectivity index (χ4v) is 3.83. The van der Waals surface area contributed by atoms with Crippen molar-refractivity contribution in [2.24, 2.45) is 0 Å². The number of aromatic nitrogens is 1. The molecule has 30 heavy (non-hydrogen) atoms. The first kappa shape index (κ1) is 20.4. The van der Waals surface area contributed by atoms with Crippen molar-refractivity contribution in [1.29, 1.82) is 0 Å². The topological polar surface area (TPSA) is 57.6 Å². The highest BCUT2D eigenvalue weighted by Gasteiger charge is 2.13. The van der Waals surface area contributed by atoms with Crippen molar-refractivity contribution in [3.63, 3.8) is 0 Å². The summed E-state index contributed by atoms with van der Waals surface area (Å²) in [6.07, 6.45) is 0. The number of morpholine rings is 1. The number of hydrogen-bond acceptors (Lipinski definition) is 5. The van der Waals surface area contributed by atoms with Gasteiger partial charge in [-0.1, -0.05) is 35.9 Å². The lowest BCUT2D eigenvalue weighted by Crippen LogP contribution is -2.39. The molecule has 4 rings (SSSR count). The van der Waals surface area contributed by atoms with Crippen molar-refractivity contribution in [3.05, 3.63) is 65.7 Å². The van der Waals surface area contributed by atoms with Gasteiger partial charge in [-0.15, -0.1) is 0 Å². The Bertz CT molecular complexity index is 1010. The lowest BCUT2D eigenvalue weighted by molar-refractivity contribution is 0.0398. The number of anilines is 1. The summed E-state index contributed by atoms with van der Waals surface area (Å²) in [4.78, 5) is 7.23. The Morgan fingerprint density at radius 2 is 1.80 bits per heavy atom. The zero-order valence-electron chi connectivity index (χ0n) is 17.7. The maximum absolute atomic E-state index is 10.5. The minimum absolute atomic E-state index is 0.245. The van der Waals surface area contributed by atoms with E-state index in [4.69, 9.17) is 9.72 Å². The van der Waals surface area contributed by atoms with Crippen molar-refractivity contribution in [2.75, 3.05) is 44.7 Å². The van der Waals surface area contributed by atoms with E-state index >= 15 is 0 Å². The highest BCUT2D eigenvalue weighted by atomic mass is 16.5. The lowest BCUT2D eigenvalue weighted by atomic mass is 9.98. The zero-order valence-corrected chi connectivity index (χ0v) is 17.7. The number of ether oxygens (including phenoxy) is 1. The number of nitrogens with one attached hydrogen (secondary N) is 1. The van der Waals surface area contributed by atoms with Crippen molar-refractivity contribution < 1.29 is 9.84 Å². The van der Waals surface area contributed by atoms with E-state index in [1.54, 1.807) is 6.07 Å².